The van der Waals surface area contributed by atoms with Gasteiger partial charge in [0.1, 0.15) is 18.3 Å². The monoisotopic (exact) mass is 440 g/mol. The Kier molecular flexibility index (Phi) is 6.25. The third-order valence-corrected chi connectivity index (χ3v) is 5.79. The highest BCUT2D eigenvalue weighted by Crippen LogP contribution is 2.30. The fourth-order valence-corrected chi connectivity index (χ4v) is 3.92. The van der Waals surface area contributed by atoms with Gasteiger partial charge in [0.05, 0.1) is 6.61 Å². The van der Waals surface area contributed by atoms with Crippen LogP contribution in [0.1, 0.15) is 36.7 Å². The summed E-state index contributed by atoms with van der Waals surface area (Å²) in [5.74, 6) is -0.219. The molecule has 5 heteroatoms. The van der Waals surface area contributed by atoms with Gasteiger partial charge in [0.2, 0.25) is 5.52 Å². The first-order chi connectivity index (χ1) is 15.8. The number of fused-ring (bicyclic) bond motifs is 1. The Morgan fingerprint density at radius 1 is 0.970 bits per heavy atom. The lowest BCUT2D eigenvalue weighted by molar-refractivity contribution is -0.644. The average molecular weight is 441 g/mol. The van der Waals surface area contributed by atoms with E-state index in [1.165, 1.54) is 5.56 Å². The van der Waals surface area contributed by atoms with Crippen molar-refractivity contribution in [3.63, 3.8) is 0 Å². The van der Waals surface area contributed by atoms with Crippen molar-refractivity contribution in [3.05, 3.63) is 84.1 Å². The van der Waals surface area contributed by atoms with Gasteiger partial charge < -0.3 is 10.4 Å². The molecule has 0 atom stereocenters. The second-order valence-electron chi connectivity index (χ2n) is 9.33. The normalized spacial score (nSPS) is 11.5. The van der Waals surface area contributed by atoms with Gasteiger partial charge in [-0.2, -0.15) is 4.57 Å². The van der Waals surface area contributed by atoms with Crippen LogP contribution in [0, 0.1) is 0 Å². The number of amides is 1. The van der Waals surface area contributed by atoms with E-state index < -0.39 is 0 Å². The van der Waals surface area contributed by atoms with Crippen LogP contribution >= 0.6 is 0 Å². The van der Waals surface area contributed by atoms with Crippen LogP contribution in [0.5, 0.6) is 0 Å². The van der Waals surface area contributed by atoms with Crippen molar-refractivity contribution in [2.45, 2.75) is 26.2 Å². The standard InChI is InChI=1S/C28H29N3O2/c1-28(2,3)23-11-9-19(10-12-23)20-15-21(17-22(16-20)27(33)29-13-14-32)25-18-31(4)26-8-6-5-7-24(26)30-25/h5-12,15-18,32H,13-14H2,1-4H3/p+1. The maximum Gasteiger partial charge on any atom is 0.251 e. The van der Waals surface area contributed by atoms with E-state index in [-0.39, 0.29) is 24.5 Å². The Balaban J connectivity index is 1.84. The van der Waals surface area contributed by atoms with Crippen LogP contribution in [0.4, 0.5) is 0 Å². The minimum Gasteiger partial charge on any atom is -0.395 e. The number of hydrogen-bond donors (Lipinski definition) is 2. The van der Waals surface area contributed by atoms with Crippen molar-refractivity contribution in [3.8, 4) is 22.4 Å². The average Bonchev–Trinajstić information content (AvgIpc) is 2.81. The van der Waals surface area contributed by atoms with E-state index in [9.17, 15) is 4.79 Å². The second-order valence-corrected chi connectivity index (χ2v) is 9.33. The Bertz CT molecular complexity index is 1310. The van der Waals surface area contributed by atoms with Crippen LogP contribution in [0.25, 0.3) is 33.4 Å². The molecule has 0 unspecified atom stereocenters. The van der Waals surface area contributed by atoms with Gasteiger partial charge in [0.15, 0.2) is 6.20 Å². The summed E-state index contributed by atoms with van der Waals surface area (Å²) in [6, 6.07) is 22.3. The number of benzene rings is 3. The molecule has 4 aromatic rings. The van der Waals surface area contributed by atoms with Crippen LogP contribution < -0.4 is 9.88 Å². The van der Waals surface area contributed by atoms with Gasteiger partial charge in [-0.1, -0.05) is 57.2 Å². The molecule has 1 aromatic heterocycles. The molecule has 0 radical (unpaired) electrons. The van der Waals surface area contributed by atoms with Gasteiger partial charge in [0, 0.05) is 23.7 Å². The molecule has 0 aliphatic rings. The van der Waals surface area contributed by atoms with Crippen molar-refractivity contribution in [2.24, 2.45) is 7.05 Å². The first kappa shape index (κ1) is 22.6. The molecule has 1 amide bonds. The zero-order valence-corrected chi connectivity index (χ0v) is 19.6. The molecule has 0 bridgehead atoms. The van der Waals surface area contributed by atoms with Gasteiger partial charge in [-0.25, -0.2) is 4.98 Å². The van der Waals surface area contributed by atoms with Crippen LogP contribution in [0.3, 0.4) is 0 Å². The zero-order chi connectivity index (χ0) is 23.6. The molecule has 4 rings (SSSR count). The summed E-state index contributed by atoms with van der Waals surface area (Å²) in [6.45, 7) is 6.68. The summed E-state index contributed by atoms with van der Waals surface area (Å²) in [5.41, 5.74) is 7.42. The van der Waals surface area contributed by atoms with Crippen molar-refractivity contribution < 1.29 is 14.5 Å². The summed E-state index contributed by atoms with van der Waals surface area (Å²) in [5, 5.41) is 11.9. The smallest absolute Gasteiger partial charge is 0.251 e. The SMILES string of the molecule is C[n+]1cc(-c2cc(C(=O)NCCO)cc(-c3ccc(C(C)(C)C)cc3)c2)nc2ccccc21. The lowest BCUT2D eigenvalue weighted by Crippen LogP contribution is -2.29. The van der Waals surface area contributed by atoms with Gasteiger partial charge in [0.25, 0.3) is 5.91 Å². The Labute approximate surface area is 194 Å². The zero-order valence-electron chi connectivity index (χ0n) is 19.6. The van der Waals surface area contributed by atoms with Gasteiger partial charge in [-0.05, 0) is 46.4 Å². The number of hydrogen-bond acceptors (Lipinski definition) is 3. The lowest BCUT2D eigenvalue weighted by atomic mass is 9.86. The largest absolute Gasteiger partial charge is 0.395 e. The van der Waals surface area contributed by atoms with E-state index in [4.69, 9.17) is 10.1 Å². The molecule has 0 spiro atoms. The fraction of sp³-hybridized carbons (Fsp3) is 0.250. The molecule has 0 aliphatic heterocycles. The van der Waals surface area contributed by atoms with Crippen molar-refractivity contribution in [2.75, 3.05) is 13.2 Å². The van der Waals surface area contributed by atoms with Crippen LogP contribution in [-0.4, -0.2) is 29.1 Å². The van der Waals surface area contributed by atoms with Gasteiger partial charge in [-0.15, -0.1) is 0 Å². The third kappa shape index (κ3) is 4.94. The van der Waals surface area contributed by atoms with Crippen LogP contribution in [0.2, 0.25) is 0 Å². The number of aliphatic hydroxyl groups is 1. The topological polar surface area (TPSA) is 66.1 Å². The van der Waals surface area contributed by atoms with Gasteiger partial charge in [-0.3, -0.25) is 4.79 Å². The summed E-state index contributed by atoms with van der Waals surface area (Å²) >= 11 is 0. The molecule has 3 aromatic carbocycles. The van der Waals surface area contributed by atoms with E-state index in [1.54, 1.807) is 0 Å². The molecule has 5 nitrogen and oxygen atoms in total. The predicted molar refractivity (Wildman–Crippen MR) is 132 cm³/mol. The minimum absolute atomic E-state index is 0.0689. The van der Waals surface area contributed by atoms with Crippen molar-refractivity contribution in [1.82, 2.24) is 10.3 Å². The summed E-state index contributed by atoms with van der Waals surface area (Å²) in [7, 11) is 2.00. The number of aryl methyl sites for hydroxylation is 1. The quantitative estimate of drug-likeness (QED) is 0.452. The fourth-order valence-electron chi connectivity index (χ4n) is 3.92. The van der Waals surface area contributed by atoms with Gasteiger partial charge >= 0.3 is 0 Å². The predicted octanol–water partition coefficient (Wildman–Crippen LogP) is 4.41. The number of rotatable bonds is 5. The summed E-state index contributed by atoms with van der Waals surface area (Å²) < 4.78 is 2.05. The number of aliphatic hydroxyl groups excluding tert-OH is 1. The number of nitrogens with zero attached hydrogens (tertiary/aromatic N) is 2. The number of para-hydroxylation sites is 2. The Morgan fingerprint density at radius 3 is 2.36 bits per heavy atom. The molecule has 0 fully saturated rings. The molecule has 0 saturated carbocycles. The number of carbonyl (C=O) groups is 1. The Hall–Kier alpha value is -3.57. The maximum atomic E-state index is 12.8. The van der Waals surface area contributed by atoms with Crippen molar-refractivity contribution in [1.29, 1.82) is 0 Å². The van der Waals surface area contributed by atoms with E-state index in [0.29, 0.717) is 5.56 Å². The highest BCUT2D eigenvalue weighted by Gasteiger charge is 2.17. The molecule has 0 aliphatic carbocycles. The number of carbonyl (C=O) groups excluding carboxylic acids is 1. The number of nitrogens with one attached hydrogen (secondary N) is 1. The van der Waals surface area contributed by atoms with E-state index in [1.807, 2.05) is 54.2 Å². The molecular formula is C28H30N3O2+. The molecule has 1 heterocycles. The molecule has 168 valence electrons. The summed E-state index contributed by atoms with van der Waals surface area (Å²) in [6.07, 6.45) is 1.99. The van der Waals surface area contributed by atoms with E-state index >= 15 is 0 Å². The van der Waals surface area contributed by atoms with E-state index in [2.05, 4.69) is 56.4 Å². The molecule has 2 N–H and O–H groups in total. The molecular weight excluding hydrogens is 410 g/mol. The lowest BCUT2D eigenvalue weighted by Gasteiger charge is -2.19. The van der Waals surface area contributed by atoms with Crippen LogP contribution in [-0.2, 0) is 12.5 Å². The van der Waals surface area contributed by atoms with Crippen LogP contribution in [0.15, 0.2) is 72.9 Å². The molecule has 33 heavy (non-hydrogen) atoms. The maximum absolute atomic E-state index is 12.8. The number of aromatic nitrogens is 2. The Morgan fingerprint density at radius 2 is 1.67 bits per heavy atom. The van der Waals surface area contributed by atoms with Crippen molar-refractivity contribution >= 4 is 16.9 Å². The first-order valence-corrected chi connectivity index (χ1v) is 11.2. The molecule has 0 saturated heterocycles. The third-order valence-electron chi connectivity index (χ3n) is 5.79. The minimum atomic E-state index is -0.219. The second kappa shape index (κ2) is 9.12. The van der Waals surface area contributed by atoms with E-state index in [0.717, 1.165) is 33.4 Å². The summed E-state index contributed by atoms with van der Waals surface area (Å²) in [4.78, 5) is 17.6. The highest BCUT2D eigenvalue weighted by molar-refractivity contribution is 5.97. The highest BCUT2D eigenvalue weighted by atomic mass is 16.3. The first-order valence-electron chi connectivity index (χ1n) is 11.2.